The van der Waals surface area contributed by atoms with Gasteiger partial charge in [-0.1, -0.05) is 6.92 Å². The van der Waals surface area contributed by atoms with Gasteiger partial charge in [-0.25, -0.2) is 15.0 Å². The van der Waals surface area contributed by atoms with Crippen LogP contribution >= 0.6 is 11.3 Å². The summed E-state index contributed by atoms with van der Waals surface area (Å²) < 4.78 is 11.1. The largest absolute Gasteiger partial charge is 0.496 e. The number of benzene rings is 1. The fourth-order valence-electron chi connectivity index (χ4n) is 3.20. The van der Waals surface area contributed by atoms with E-state index in [1.807, 2.05) is 17.5 Å². The van der Waals surface area contributed by atoms with Gasteiger partial charge in [0.2, 0.25) is 10.9 Å². The predicted octanol–water partition coefficient (Wildman–Crippen LogP) is 1.83. The molecule has 1 saturated heterocycles. The summed E-state index contributed by atoms with van der Waals surface area (Å²) in [5.41, 5.74) is 12.7. The zero-order valence-corrected chi connectivity index (χ0v) is 17.0. The summed E-state index contributed by atoms with van der Waals surface area (Å²) in [5.74, 6) is -0.409. The molecule has 28 heavy (non-hydrogen) atoms. The third-order valence-corrected chi connectivity index (χ3v) is 5.64. The average Bonchev–Trinajstić information content (AvgIpc) is 3.35. The Morgan fingerprint density at radius 3 is 2.82 bits per heavy atom. The molecule has 6 N–H and O–H groups in total. The minimum atomic E-state index is -1.10. The molecule has 1 aromatic heterocycles. The fraction of sp³-hybridized carbons (Fsp3) is 0.444. The Kier molecular flexibility index (Phi) is 6.16. The molecule has 1 aromatic carbocycles. The molecule has 0 aliphatic carbocycles. The third-order valence-electron chi connectivity index (χ3n) is 4.75. The molecule has 152 valence electrons. The summed E-state index contributed by atoms with van der Waals surface area (Å²) >= 11 is 1.55. The standard InChI is InChI=1S/C18H24N6O2S.H3N/c1-3-13-11-27-17(21-13)24-12-20-18(19,22-24)15-5-4-14(10-16(15)25-2)23-6-8-26-9-7-23;/h4-5,10-12,22H,3,6-9,19H2,1-2H3;1H3. The number of anilines is 2. The number of ether oxygens (including phenoxy) is 2. The van der Waals surface area contributed by atoms with Crippen molar-refractivity contribution >= 4 is 28.5 Å². The number of morpholine rings is 1. The lowest BCUT2D eigenvalue weighted by Gasteiger charge is -2.31. The van der Waals surface area contributed by atoms with Crippen LogP contribution in [0.25, 0.3) is 0 Å². The van der Waals surface area contributed by atoms with Crippen LogP contribution in [0.4, 0.5) is 10.8 Å². The van der Waals surface area contributed by atoms with Crippen LogP contribution in [-0.4, -0.2) is 44.7 Å². The summed E-state index contributed by atoms with van der Waals surface area (Å²) in [6.07, 6.45) is 2.57. The first kappa shape index (κ1) is 20.5. The lowest BCUT2D eigenvalue weighted by atomic mass is 10.1. The Morgan fingerprint density at radius 2 is 2.14 bits per heavy atom. The Bertz CT molecular complexity index is 837. The molecule has 2 aromatic rings. The first-order valence-corrected chi connectivity index (χ1v) is 9.88. The highest BCUT2D eigenvalue weighted by Gasteiger charge is 2.36. The SMILES string of the molecule is CCc1csc(N2C=NC(N)(c3ccc(N4CCOCC4)cc3OC)N2)n1.N. The van der Waals surface area contributed by atoms with Crippen molar-refractivity contribution in [3.8, 4) is 5.75 Å². The van der Waals surface area contributed by atoms with Gasteiger partial charge in [0.05, 0.1) is 31.6 Å². The number of nitrogens with zero attached hydrogens (tertiary/aromatic N) is 4. The molecular formula is C18H27N7O2S. The molecule has 0 saturated carbocycles. The highest BCUT2D eigenvalue weighted by molar-refractivity contribution is 7.13. The van der Waals surface area contributed by atoms with Gasteiger partial charge in [-0.3, -0.25) is 5.73 Å². The van der Waals surface area contributed by atoms with Crippen LogP contribution in [0.3, 0.4) is 0 Å². The van der Waals surface area contributed by atoms with Crippen LogP contribution in [-0.2, 0) is 16.9 Å². The quantitative estimate of drug-likeness (QED) is 0.688. The van der Waals surface area contributed by atoms with E-state index >= 15 is 0 Å². The predicted molar refractivity (Wildman–Crippen MR) is 113 cm³/mol. The topological polar surface area (TPSA) is 123 Å². The minimum absolute atomic E-state index is 0. The van der Waals surface area contributed by atoms with Crippen molar-refractivity contribution < 1.29 is 9.47 Å². The van der Waals surface area contributed by atoms with Gasteiger partial charge in [-0.15, -0.1) is 11.3 Å². The normalized spacial score (nSPS) is 21.7. The lowest BCUT2D eigenvalue weighted by molar-refractivity contribution is 0.122. The number of methoxy groups -OCH3 is 1. The zero-order chi connectivity index (χ0) is 18.9. The molecule has 0 radical (unpaired) electrons. The van der Waals surface area contributed by atoms with Crippen molar-refractivity contribution in [1.82, 2.24) is 16.6 Å². The number of hydrogen-bond donors (Lipinski definition) is 3. The molecule has 10 heteroatoms. The second-order valence-electron chi connectivity index (χ2n) is 6.45. The summed E-state index contributed by atoms with van der Waals surface area (Å²) in [6, 6.07) is 6.03. The number of rotatable bonds is 5. The maximum atomic E-state index is 6.56. The van der Waals surface area contributed by atoms with Gasteiger partial charge in [0.15, 0.2) is 0 Å². The monoisotopic (exact) mass is 405 g/mol. The van der Waals surface area contributed by atoms with E-state index in [1.165, 1.54) is 0 Å². The first-order chi connectivity index (χ1) is 13.1. The molecule has 1 unspecified atom stereocenters. The molecular weight excluding hydrogens is 378 g/mol. The Balaban J connectivity index is 0.00000225. The maximum Gasteiger partial charge on any atom is 0.211 e. The van der Waals surface area contributed by atoms with E-state index < -0.39 is 5.79 Å². The minimum Gasteiger partial charge on any atom is -0.496 e. The van der Waals surface area contributed by atoms with Crippen molar-refractivity contribution in [2.45, 2.75) is 19.1 Å². The van der Waals surface area contributed by atoms with Crippen LogP contribution in [0.2, 0.25) is 0 Å². The van der Waals surface area contributed by atoms with Crippen LogP contribution in [0.5, 0.6) is 5.75 Å². The van der Waals surface area contributed by atoms with Crippen molar-refractivity contribution in [2.75, 3.05) is 43.3 Å². The number of thiazole rings is 1. The first-order valence-electron chi connectivity index (χ1n) is 9.00. The Hall–Kier alpha value is -2.24. The van der Waals surface area contributed by atoms with E-state index in [4.69, 9.17) is 15.2 Å². The van der Waals surface area contributed by atoms with E-state index in [0.29, 0.717) is 5.75 Å². The lowest BCUT2D eigenvalue weighted by Crippen LogP contribution is -2.51. The molecule has 3 heterocycles. The van der Waals surface area contributed by atoms with Gasteiger partial charge < -0.3 is 20.5 Å². The number of aliphatic imine (C=N–C) groups is 1. The van der Waals surface area contributed by atoms with Crippen molar-refractivity contribution in [3.63, 3.8) is 0 Å². The molecule has 4 rings (SSSR count). The van der Waals surface area contributed by atoms with Crippen molar-refractivity contribution in [2.24, 2.45) is 10.7 Å². The number of nitrogens with one attached hydrogen (secondary N) is 1. The molecule has 2 aliphatic heterocycles. The van der Waals surface area contributed by atoms with Gasteiger partial charge in [0.1, 0.15) is 12.1 Å². The summed E-state index contributed by atoms with van der Waals surface area (Å²) in [7, 11) is 1.65. The van der Waals surface area contributed by atoms with E-state index in [0.717, 1.165) is 54.8 Å². The number of aryl methyl sites for hydroxylation is 1. The van der Waals surface area contributed by atoms with Gasteiger partial charge in [-0.2, -0.15) is 5.43 Å². The summed E-state index contributed by atoms with van der Waals surface area (Å²) in [6.45, 7) is 5.28. The van der Waals surface area contributed by atoms with E-state index in [9.17, 15) is 0 Å². The van der Waals surface area contributed by atoms with E-state index in [-0.39, 0.29) is 6.15 Å². The fourth-order valence-corrected chi connectivity index (χ4v) is 4.04. The molecule has 0 bridgehead atoms. The van der Waals surface area contributed by atoms with Crippen molar-refractivity contribution in [3.05, 3.63) is 34.8 Å². The molecule has 0 amide bonds. The third kappa shape index (κ3) is 3.82. The van der Waals surface area contributed by atoms with Gasteiger partial charge in [-0.05, 0) is 18.6 Å². The van der Waals surface area contributed by atoms with Gasteiger partial charge >= 0.3 is 0 Å². The molecule has 1 fully saturated rings. The Morgan fingerprint density at radius 1 is 1.36 bits per heavy atom. The van der Waals surface area contributed by atoms with Crippen LogP contribution in [0, 0.1) is 0 Å². The molecule has 0 spiro atoms. The molecule has 9 nitrogen and oxygen atoms in total. The number of hydrazine groups is 1. The average molecular weight is 406 g/mol. The molecule has 1 atom stereocenters. The highest BCUT2D eigenvalue weighted by atomic mass is 32.1. The van der Waals surface area contributed by atoms with E-state index in [2.05, 4.69) is 33.3 Å². The summed E-state index contributed by atoms with van der Waals surface area (Å²) in [4.78, 5) is 11.4. The second-order valence-corrected chi connectivity index (χ2v) is 7.29. The second kappa shape index (κ2) is 8.41. The van der Waals surface area contributed by atoms with Gasteiger partial charge in [0.25, 0.3) is 0 Å². The zero-order valence-electron chi connectivity index (χ0n) is 16.2. The molecule has 2 aliphatic rings. The highest BCUT2D eigenvalue weighted by Crippen LogP contribution is 2.34. The van der Waals surface area contributed by atoms with E-state index in [1.54, 1.807) is 29.8 Å². The van der Waals surface area contributed by atoms with Crippen molar-refractivity contribution in [1.29, 1.82) is 0 Å². The number of nitrogens with two attached hydrogens (primary N) is 1. The van der Waals surface area contributed by atoms with Gasteiger partial charge in [0, 0.05) is 30.2 Å². The van der Waals surface area contributed by atoms with Crippen LogP contribution in [0.1, 0.15) is 18.2 Å². The maximum absolute atomic E-state index is 6.56. The number of hydrogen-bond acceptors (Lipinski definition) is 10. The smallest absolute Gasteiger partial charge is 0.211 e. The number of aromatic nitrogens is 1. The Labute approximate surface area is 168 Å². The van der Waals surface area contributed by atoms with Crippen LogP contribution in [0.15, 0.2) is 28.6 Å². The summed E-state index contributed by atoms with van der Waals surface area (Å²) in [5, 5.41) is 4.62. The van der Waals surface area contributed by atoms with Crippen LogP contribution < -0.4 is 32.0 Å².